The Morgan fingerprint density at radius 1 is 1.38 bits per heavy atom. The molecule has 1 aromatic heterocycles. The van der Waals surface area contributed by atoms with E-state index in [1.165, 1.54) is 19.1 Å². The van der Waals surface area contributed by atoms with Crippen molar-refractivity contribution in [3.05, 3.63) is 45.4 Å². The highest BCUT2D eigenvalue weighted by Gasteiger charge is 2.25. The maximum atomic E-state index is 13.7. The number of aromatic nitrogens is 2. The van der Waals surface area contributed by atoms with Gasteiger partial charge in [0.05, 0.1) is 4.92 Å². The molecule has 0 saturated heterocycles. The van der Waals surface area contributed by atoms with Crippen molar-refractivity contribution in [3.8, 4) is 11.6 Å². The Balaban J connectivity index is 2.54. The zero-order valence-electron chi connectivity index (χ0n) is 11.3. The smallest absolute Gasteiger partial charge is 0.352 e. The zero-order chi connectivity index (χ0) is 15.6. The number of nitrogens with one attached hydrogen (secondary N) is 1. The molecular formula is C12H12FN5O3. The maximum absolute atomic E-state index is 13.7. The number of ether oxygens (including phenoxy) is 1. The minimum atomic E-state index is -0.696. The van der Waals surface area contributed by atoms with E-state index in [0.717, 1.165) is 5.56 Å². The molecule has 2 aromatic rings. The molecule has 0 atom stereocenters. The number of rotatable bonds is 4. The summed E-state index contributed by atoms with van der Waals surface area (Å²) in [6, 6.07) is 4.16. The van der Waals surface area contributed by atoms with Crippen LogP contribution in [0, 0.1) is 29.8 Å². The summed E-state index contributed by atoms with van der Waals surface area (Å²) < 4.78 is 18.9. The number of hydrazine groups is 1. The quantitative estimate of drug-likeness (QED) is 0.504. The van der Waals surface area contributed by atoms with Crippen molar-refractivity contribution in [1.29, 1.82) is 0 Å². The number of anilines is 1. The predicted molar refractivity (Wildman–Crippen MR) is 72.4 cm³/mol. The Kier molecular flexibility index (Phi) is 3.94. The lowest BCUT2D eigenvalue weighted by Crippen LogP contribution is -2.13. The molecule has 0 radical (unpaired) electrons. The average Bonchev–Trinajstić information content (AvgIpc) is 2.41. The number of hydrogen-bond acceptors (Lipinski definition) is 7. The molecule has 110 valence electrons. The monoisotopic (exact) mass is 293 g/mol. The SMILES string of the molecule is Cc1ccc(F)c(Oc2nc(NN)nc(C)c2[N+](=O)[O-])c1. The van der Waals surface area contributed by atoms with Gasteiger partial charge in [-0.05, 0) is 31.5 Å². The molecule has 3 N–H and O–H groups in total. The van der Waals surface area contributed by atoms with E-state index in [-0.39, 0.29) is 23.3 Å². The molecule has 21 heavy (non-hydrogen) atoms. The Morgan fingerprint density at radius 2 is 2.10 bits per heavy atom. The van der Waals surface area contributed by atoms with Gasteiger partial charge >= 0.3 is 11.6 Å². The van der Waals surface area contributed by atoms with Crippen LogP contribution in [0.5, 0.6) is 11.6 Å². The van der Waals surface area contributed by atoms with Crippen LogP contribution < -0.4 is 16.0 Å². The van der Waals surface area contributed by atoms with Crippen molar-refractivity contribution in [2.24, 2.45) is 5.84 Å². The lowest BCUT2D eigenvalue weighted by atomic mass is 10.2. The molecule has 0 bridgehead atoms. The van der Waals surface area contributed by atoms with Gasteiger partial charge in [-0.15, -0.1) is 0 Å². The standard InChI is InChI=1S/C12H12FN5O3/c1-6-3-4-8(13)9(5-6)21-11-10(18(19)20)7(2)15-12(16-11)17-14/h3-5H,14H2,1-2H3,(H,15,16,17). The fraction of sp³-hybridized carbons (Fsp3) is 0.167. The van der Waals surface area contributed by atoms with Crippen LogP contribution >= 0.6 is 0 Å². The van der Waals surface area contributed by atoms with E-state index in [1.807, 2.05) is 0 Å². The third kappa shape index (κ3) is 3.03. The molecule has 0 unspecified atom stereocenters. The molecule has 1 heterocycles. The van der Waals surface area contributed by atoms with Gasteiger partial charge in [-0.25, -0.2) is 15.2 Å². The first-order valence-corrected chi connectivity index (χ1v) is 5.86. The van der Waals surface area contributed by atoms with Crippen molar-refractivity contribution in [3.63, 3.8) is 0 Å². The number of nitro groups is 1. The minimum Gasteiger partial charge on any atom is -0.430 e. The summed E-state index contributed by atoms with van der Waals surface area (Å²) in [7, 11) is 0. The first-order valence-electron chi connectivity index (χ1n) is 5.86. The normalized spacial score (nSPS) is 10.3. The van der Waals surface area contributed by atoms with E-state index in [0.29, 0.717) is 0 Å². The average molecular weight is 293 g/mol. The van der Waals surface area contributed by atoms with E-state index >= 15 is 0 Å². The molecule has 0 aliphatic carbocycles. The van der Waals surface area contributed by atoms with E-state index in [4.69, 9.17) is 10.6 Å². The van der Waals surface area contributed by atoms with Gasteiger partial charge in [0, 0.05) is 0 Å². The molecule has 2 rings (SSSR count). The largest absolute Gasteiger partial charge is 0.430 e. The minimum absolute atomic E-state index is 0.0472. The van der Waals surface area contributed by atoms with Crippen LogP contribution in [-0.4, -0.2) is 14.9 Å². The Bertz CT molecular complexity index is 708. The summed E-state index contributed by atoms with van der Waals surface area (Å²) in [4.78, 5) is 17.9. The van der Waals surface area contributed by atoms with E-state index in [9.17, 15) is 14.5 Å². The molecule has 0 spiro atoms. The third-order valence-electron chi connectivity index (χ3n) is 2.63. The fourth-order valence-electron chi connectivity index (χ4n) is 1.68. The molecule has 0 fully saturated rings. The predicted octanol–water partition coefficient (Wildman–Crippen LogP) is 2.22. The van der Waals surface area contributed by atoms with Crippen LogP contribution in [-0.2, 0) is 0 Å². The molecule has 0 amide bonds. The number of nitrogens with zero attached hydrogens (tertiary/aromatic N) is 3. The van der Waals surface area contributed by atoms with Crippen LogP contribution in [0.2, 0.25) is 0 Å². The highest BCUT2D eigenvalue weighted by atomic mass is 19.1. The van der Waals surface area contributed by atoms with Gasteiger partial charge in [-0.1, -0.05) is 6.07 Å². The Hall–Kier alpha value is -2.81. The fourth-order valence-corrected chi connectivity index (χ4v) is 1.68. The second-order valence-corrected chi connectivity index (χ2v) is 4.22. The van der Waals surface area contributed by atoms with Crippen LogP contribution in [0.25, 0.3) is 0 Å². The highest BCUT2D eigenvalue weighted by molar-refractivity contribution is 5.50. The van der Waals surface area contributed by atoms with Crippen molar-refractivity contribution in [1.82, 2.24) is 9.97 Å². The Morgan fingerprint density at radius 3 is 2.71 bits per heavy atom. The van der Waals surface area contributed by atoms with Crippen molar-refractivity contribution < 1.29 is 14.1 Å². The van der Waals surface area contributed by atoms with Gasteiger partial charge in [0.2, 0.25) is 5.95 Å². The molecule has 9 heteroatoms. The summed E-state index contributed by atoms with van der Waals surface area (Å²) in [5.41, 5.74) is 2.50. The molecular weight excluding hydrogens is 281 g/mol. The number of benzene rings is 1. The number of hydrogen-bond donors (Lipinski definition) is 2. The van der Waals surface area contributed by atoms with E-state index in [1.54, 1.807) is 13.0 Å². The number of halogens is 1. The highest BCUT2D eigenvalue weighted by Crippen LogP contribution is 2.33. The topological polar surface area (TPSA) is 116 Å². The lowest BCUT2D eigenvalue weighted by Gasteiger charge is -2.09. The molecule has 8 nitrogen and oxygen atoms in total. The van der Waals surface area contributed by atoms with E-state index < -0.39 is 16.4 Å². The van der Waals surface area contributed by atoms with Gasteiger partial charge in [-0.3, -0.25) is 15.5 Å². The molecule has 1 aromatic carbocycles. The second kappa shape index (κ2) is 5.67. The molecule has 0 saturated carbocycles. The van der Waals surface area contributed by atoms with Crippen LogP contribution in [0.4, 0.5) is 16.0 Å². The van der Waals surface area contributed by atoms with E-state index in [2.05, 4.69) is 15.4 Å². The van der Waals surface area contributed by atoms with Crippen molar-refractivity contribution in [2.45, 2.75) is 13.8 Å². The summed E-state index contributed by atoms with van der Waals surface area (Å²) in [5.74, 6) is 3.91. The molecule has 0 aliphatic rings. The van der Waals surface area contributed by atoms with Gasteiger partial charge < -0.3 is 4.74 Å². The van der Waals surface area contributed by atoms with Gasteiger partial charge in [0.25, 0.3) is 0 Å². The zero-order valence-corrected chi connectivity index (χ0v) is 11.3. The van der Waals surface area contributed by atoms with Crippen molar-refractivity contribution >= 4 is 11.6 Å². The number of aryl methyl sites for hydroxylation is 2. The number of nitrogens with two attached hydrogens (primary N) is 1. The maximum Gasteiger partial charge on any atom is 0.352 e. The second-order valence-electron chi connectivity index (χ2n) is 4.22. The molecule has 0 aliphatic heterocycles. The van der Waals surface area contributed by atoms with Crippen LogP contribution in [0.3, 0.4) is 0 Å². The summed E-state index contributed by atoms with van der Waals surface area (Å²) in [6.07, 6.45) is 0. The van der Waals surface area contributed by atoms with Gasteiger partial charge in [0.15, 0.2) is 11.6 Å². The Labute approximate surface area is 118 Å². The summed E-state index contributed by atoms with van der Waals surface area (Å²) >= 11 is 0. The first-order chi connectivity index (χ1) is 9.92. The third-order valence-corrected chi connectivity index (χ3v) is 2.63. The lowest BCUT2D eigenvalue weighted by molar-refractivity contribution is -0.386. The van der Waals surface area contributed by atoms with Crippen molar-refractivity contribution in [2.75, 3.05) is 5.43 Å². The summed E-state index contributed by atoms with van der Waals surface area (Å²) in [6.45, 7) is 3.14. The number of nitrogen functional groups attached to an aromatic ring is 1. The first kappa shape index (κ1) is 14.6. The van der Waals surface area contributed by atoms with Gasteiger partial charge in [0.1, 0.15) is 5.69 Å². The van der Waals surface area contributed by atoms with Crippen LogP contribution in [0.1, 0.15) is 11.3 Å². The van der Waals surface area contributed by atoms with Crippen LogP contribution in [0.15, 0.2) is 18.2 Å². The summed E-state index contributed by atoms with van der Waals surface area (Å²) in [5, 5.41) is 11.1. The van der Waals surface area contributed by atoms with Gasteiger partial charge in [-0.2, -0.15) is 4.98 Å².